The van der Waals surface area contributed by atoms with Crippen LogP contribution < -0.4 is 0 Å². The summed E-state index contributed by atoms with van der Waals surface area (Å²) in [7, 11) is 0. The number of nitrogens with one attached hydrogen (secondary N) is 4. The molecule has 9 rings (SSSR count). The number of phenols is 1. The van der Waals surface area contributed by atoms with Crippen molar-refractivity contribution in [2.24, 2.45) is 0 Å². The lowest BCUT2D eigenvalue weighted by atomic mass is 9.92. The topological polar surface area (TPSA) is 83.4 Å². The van der Waals surface area contributed by atoms with Crippen molar-refractivity contribution in [3.63, 3.8) is 0 Å². The molecule has 4 aromatic carbocycles. The van der Waals surface area contributed by atoms with Crippen LogP contribution in [0.4, 0.5) is 0 Å². The molecule has 0 spiro atoms. The molecule has 2 unspecified atom stereocenters. The highest BCUT2D eigenvalue weighted by molar-refractivity contribution is 14.1. The number of phenolic OH excluding ortho intramolecular Hbond substituents is 1. The minimum atomic E-state index is -0.117. The number of fused-ring (bicyclic) bond motifs is 8. The van der Waals surface area contributed by atoms with Crippen molar-refractivity contribution >= 4 is 22.6 Å². The molecule has 0 saturated carbocycles. The first kappa shape index (κ1) is 30.6. The normalized spacial score (nSPS) is 18.6. The Kier molecular flexibility index (Phi) is 7.81. The molecular formula is C44H35IN4O. The third-order valence-electron chi connectivity index (χ3n) is 10.1. The van der Waals surface area contributed by atoms with Gasteiger partial charge < -0.3 is 25.0 Å². The van der Waals surface area contributed by atoms with Gasteiger partial charge in [-0.25, -0.2) is 0 Å². The second-order valence-corrected chi connectivity index (χ2v) is 14.3. The average molecular weight is 763 g/mol. The molecule has 0 saturated heterocycles. The maximum atomic E-state index is 10.5. The first-order valence-corrected chi connectivity index (χ1v) is 18.1. The molecule has 0 fully saturated rings. The number of benzene rings is 4. The zero-order valence-electron chi connectivity index (χ0n) is 27.1. The third-order valence-corrected chi connectivity index (χ3v) is 11.0. The quantitative estimate of drug-likeness (QED) is 0.114. The van der Waals surface area contributed by atoms with E-state index in [4.69, 9.17) is 0 Å². The van der Waals surface area contributed by atoms with E-state index in [1.165, 1.54) is 16.7 Å². The van der Waals surface area contributed by atoms with Crippen molar-refractivity contribution < 1.29 is 5.11 Å². The van der Waals surface area contributed by atoms with Gasteiger partial charge in [-0.3, -0.25) is 0 Å². The van der Waals surface area contributed by atoms with Crippen LogP contribution in [0.15, 0.2) is 158 Å². The van der Waals surface area contributed by atoms with Crippen molar-refractivity contribution in [2.75, 3.05) is 0 Å². The molecule has 0 radical (unpaired) electrons. The maximum Gasteiger partial charge on any atom is 0.128 e. The van der Waals surface area contributed by atoms with E-state index in [-0.39, 0.29) is 29.4 Å². The largest absolute Gasteiger partial charge is 0.507 e. The fourth-order valence-corrected chi connectivity index (χ4v) is 8.35. The van der Waals surface area contributed by atoms with E-state index in [2.05, 4.69) is 188 Å². The summed E-state index contributed by atoms with van der Waals surface area (Å²) in [6.07, 6.45) is 0. The SMILES string of the molecule is Oc1ccc(C2c3ccc([nH]3)C(c3ccccc3)c3ccc([nH]3)C(c3ccccc3)c3ccc([nH]3)C(c3ccccc3)c3ccc2[nH]3)cc1I. The van der Waals surface area contributed by atoms with Gasteiger partial charge in [0.15, 0.2) is 0 Å². The Labute approximate surface area is 304 Å². The Hall–Kier alpha value is -5.47. The molecule has 5 heterocycles. The molecule has 1 aliphatic heterocycles. The Bertz CT molecular complexity index is 2260. The summed E-state index contributed by atoms with van der Waals surface area (Å²) in [4.78, 5) is 15.6. The van der Waals surface area contributed by atoms with E-state index in [0.717, 1.165) is 54.7 Å². The van der Waals surface area contributed by atoms with Crippen LogP contribution in [0.3, 0.4) is 0 Å². The minimum absolute atomic E-state index is 0.0146. The zero-order valence-corrected chi connectivity index (χ0v) is 29.3. The lowest BCUT2D eigenvalue weighted by molar-refractivity contribution is 0.471. The van der Waals surface area contributed by atoms with E-state index < -0.39 is 0 Å². The Morgan fingerprint density at radius 2 is 0.620 bits per heavy atom. The summed E-state index contributed by atoms with van der Waals surface area (Å²) in [5.74, 6) is 0.0792. The van der Waals surface area contributed by atoms with Gasteiger partial charge in [0, 0.05) is 45.6 Å². The first-order chi connectivity index (χ1) is 24.6. The van der Waals surface area contributed by atoms with Gasteiger partial charge in [-0.2, -0.15) is 0 Å². The maximum absolute atomic E-state index is 10.5. The second-order valence-electron chi connectivity index (χ2n) is 13.2. The van der Waals surface area contributed by atoms with Crippen LogP contribution >= 0.6 is 22.6 Å². The highest BCUT2D eigenvalue weighted by Crippen LogP contribution is 2.41. The number of H-pyrrole nitrogens is 4. The second kappa shape index (κ2) is 12.8. The zero-order chi connectivity index (χ0) is 33.6. The van der Waals surface area contributed by atoms with E-state index in [1.54, 1.807) is 6.07 Å². The number of hydrogen-bond acceptors (Lipinski definition) is 1. The van der Waals surface area contributed by atoms with Crippen molar-refractivity contribution in [1.82, 2.24) is 19.9 Å². The minimum Gasteiger partial charge on any atom is -0.507 e. The van der Waals surface area contributed by atoms with Crippen LogP contribution in [0.25, 0.3) is 0 Å². The van der Waals surface area contributed by atoms with Gasteiger partial charge >= 0.3 is 0 Å². The Balaban J connectivity index is 1.30. The standard InChI is InChI=1S/C44H35IN4O/c45-31-26-30(16-25-40(31)50)44-38-23-21-36(48-38)42(28-12-6-2-7-13-28)34-19-17-32(46-34)41(27-10-4-1-5-11-27)33-18-20-35(47-33)43(29-14-8-3-9-15-29)37-22-24-39(44)49-37/h1-26,41-44,46-50H. The Morgan fingerprint density at radius 3 is 0.900 bits per heavy atom. The van der Waals surface area contributed by atoms with Gasteiger partial charge in [0.25, 0.3) is 0 Å². The van der Waals surface area contributed by atoms with Crippen molar-refractivity contribution in [3.05, 3.63) is 229 Å². The smallest absolute Gasteiger partial charge is 0.128 e. The highest BCUT2D eigenvalue weighted by atomic mass is 127. The van der Waals surface area contributed by atoms with Crippen LogP contribution in [0.5, 0.6) is 5.75 Å². The van der Waals surface area contributed by atoms with E-state index in [1.807, 2.05) is 6.07 Å². The molecule has 4 aromatic heterocycles. The van der Waals surface area contributed by atoms with E-state index in [9.17, 15) is 5.11 Å². The van der Waals surface area contributed by atoms with Gasteiger partial charge in [0.05, 0.1) is 27.2 Å². The summed E-state index contributed by atoms with van der Waals surface area (Å²) in [5.41, 5.74) is 13.6. The molecule has 5 nitrogen and oxygen atoms in total. The molecule has 2 atom stereocenters. The molecule has 0 amide bonds. The van der Waals surface area contributed by atoms with E-state index in [0.29, 0.717) is 0 Å². The monoisotopic (exact) mass is 762 g/mol. The van der Waals surface area contributed by atoms with Crippen molar-refractivity contribution in [2.45, 2.75) is 23.7 Å². The highest BCUT2D eigenvalue weighted by Gasteiger charge is 2.29. The number of aromatic nitrogens is 4. The van der Waals surface area contributed by atoms with Crippen LogP contribution in [0.2, 0.25) is 0 Å². The van der Waals surface area contributed by atoms with Gasteiger partial charge in [-0.1, -0.05) is 97.1 Å². The Morgan fingerprint density at radius 1 is 0.340 bits per heavy atom. The summed E-state index contributed by atoms with van der Waals surface area (Å²) in [6.45, 7) is 0. The van der Waals surface area contributed by atoms with Gasteiger partial charge in [0.1, 0.15) is 5.75 Å². The lowest BCUT2D eigenvalue weighted by Gasteiger charge is -2.21. The molecule has 50 heavy (non-hydrogen) atoms. The van der Waals surface area contributed by atoms with Crippen LogP contribution in [-0.2, 0) is 0 Å². The molecule has 8 aromatic rings. The number of aromatic hydroxyl groups is 1. The molecule has 5 N–H and O–H groups in total. The van der Waals surface area contributed by atoms with Gasteiger partial charge in [-0.05, 0) is 106 Å². The summed E-state index contributed by atoms with van der Waals surface area (Å²) < 4.78 is 0.820. The predicted octanol–water partition coefficient (Wildman–Crippen LogP) is 10.3. The lowest BCUT2D eigenvalue weighted by Crippen LogP contribution is -2.10. The molecule has 6 heteroatoms. The molecule has 244 valence electrons. The van der Waals surface area contributed by atoms with Crippen molar-refractivity contribution in [3.8, 4) is 5.75 Å². The number of aromatic amines is 4. The first-order valence-electron chi connectivity index (χ1n) is 17.0. The number of hydrogen-bond donors (Lipinski definition) is 5. The third kappa shape index (κ3) is 5.50. The van der Waals surface area contributed by atoms with Crippen LogP contribution in [0.1, 0.15) is 91.5 Å². The van der Waals surface area contributed by atoms with Crippen LogP contribution in [0, 0.1) is 3.57 Å². The van der Waals surface area contributed by atoms with Gasteiger partial charge in [0.2, 0.25) is 0 Å². The van der Waals surface area contributed by atoms with Crippen LogP contribution in [-0.4, -0.2) is 25.0 Å². The van der Waals surface area contributed by atoms with E-state index >= 15 is 0 Å². The summed E-state index contributed by atoms with van der Waals surface area (Å²) in [5, 5.41) is 10.5. The predicted molar refractivity (Wildman–Crippen MR) is 207 cm³/mol. The molecule has 1 aliphatic rings. The molecule has 0 aliphatic carbocycles. The van der Waals surface area contributed by atoms with Gasteiger partial charge in [-0.15, -0.1) is 0 Å². The number of rotatable bonds is 4. The summed E-state index contributed by atoms with van der Waals surface area (Å²) in [6, 6.07) is 55.9. The summed E-state index contributed by atoms with van der Waals surface area (Å²) >= 11 is 2.22. The molecular weight excluding hydrogens is 727 g/mol. The fraction of sp³-hybridized carbons (Fsp3) is 0.0909. The van der Waals surface area contributed by atoms with Crippen molar-refractivity contribution in [1.29, 1.82) is 0 Å². The number of halogens is 1. The molecule has 8 bridgehead atoms. The average Bonchev–Trinajstić information content (AvgIpc) is 3.99. The fourth-order valence-electron chi connectivity index (χ4n) is 7.81.